The molecule has 1 unspecified atom stereocenters. The summed E-state index contributed by atoms with van der Waals surface area (Å²) in [6, 6.07) is 12.1. The molecule has 0 spiro atoms. The molecular formula is C18H22O2. The Kier molecular flexibility index (Phi) is 3.93. The number of aliphatic hydroxyl groups is 1. The summed E-state index contributed by atoms with van der Waals surface area (Å²) in [7, 11) is 0. The first-order chi connectivity index (χ1) is 9.75. The fraction of sp³-hybridized carbons (Fsp3) is 0.444. The molecule has 0 radical (unpaired) electrons. The molecule has 0 amide bonds. The van der Waals surface area contributed by atoms with Crippen LogP contribution in [0.5, 0.6) is 0 Å². The van der Waals surface area contributed by atoms with Gasteiger partial charge in [-0.25, -0.2) is 0 Å². The molecule has 2 aromatic rings. The molecule has 1 aliphatic rings. The van der Waals surface area contributed by atoms with Crippen LogP contribution in [0.1, 0.15) is 49.5 Å². The first kappa shape index (κ1) is 13.4. The van der Waals surface area contributed by atoms with Gasteiger partial charge in [-0.3, -0.25) is 0 Å². The molecule has 1 fully saturated rings. The third-order valence-electron chi connectivity index (χ3n) is 4.43. The summed E-state index contributed by atoms with van der Waals surface area (Å²) in [5, 5.41) is 10.6. The molecule has 1 aromatic heterocycles. The number of hydrogen-bond acceptors (Lipinski definition) is 2. The van der Waals surface area contributed by atoms with E-state index in [4.69, 9.17) is 4.42 Å². The molecule has 2 nitrogen and oxygen atoms in total. The zero-order chi connectivity index (χ0) is 13.9. The monoisotopic (exact) mass is 270 g/mol. The Morgan fingerprint density at radius 2 is 1.80 bits per heavy atom. The summed E-state index contributed by atoms with van der Waals surface area (Å²) < 4.78 is 5.85. The summed E-state index contributed by atoms with van der Waals surface area (Å²) in [5.41, 5.74) is 2.04. The van der Waals surface area contributed by atoms with Crippen LogP contribution in [-0.2, 0) is 0 Å². The first-order valence-electron chi connectivity index (χ1n) is 7.59. The van der Waals surface area contributed by atoms with E-state index in [1.165, 1.54) is 19.3 Å². The summed E-state index contributed by atoms with van der Waals surface area (Å²) >= 11 is 0. The topological polar surface area (TPSA) is 33.4 Å². The summed E-state index contributed by atoms with van der Waals surface area (Å²) in [4.78, 5) is 0. The van der Waals surface area contributed by atoms with Crippen molar-refractivity contribution in [1.82, 2.24) is 0 Å². The highest BCUT2D eigenvalue weighted by Gasteiger charge is 2.26. The van der Waals surface area contributed by atoms with E-state index in [1.54, 1.807) is 0 Å². The molecule has 0 saturated heterocycles. The number of benzene rings is 1. The van der Waals surface area contributed by atoms with Gasteiger partial charge in [-0.1, -0.05) is 49.6 Å². The predicted molar refractivity (Wildman–Crippen MR) is 80.4 cm³/mol. The maximum Gasteiger partial charge on any atom is 0.134 e. The SMILES string of the molecule is Cc1oc(-c2ccccc2)cc1C(O)C1CCCCC1. The Morgan fingerprint density at radius 1 is 1.10 bits per heavy atom. The zero-order valence-electron chi connectivity index (χ0n) is 12.0. The van der Waals surface area contributed by atoms with E-state index in [9.17, 15) is 5.11 Å². The summed E-state index contributed by atoms with van der Waals surface area (Å²) in [6.07, 6.45) is 5.67. The van der Waals surface area contributed by atoms with Crippen molar-refractivity contribution in [2.75, 3.05) is 0 Å². The predicted octanol–water partition coefficient (Wildman–Crippen LogP) is 4.87. The maximum atomic E-state index is 10.6. The fourth-order valence-electron chi connectivity index (χ4n) is 3.24. The van der Waals surface area contributed by atoms with Crippen LogP contribution >= 0.6 is 0 Å². The van der Waals surface area contributed by atoms with Crippen molar-refractivity contribution >= 4 is 0 Å². The smallest absolute Gasteiger partial charge is 0.134 e. The van der Waals surface area contributed by atoms with Crippen LogP contribution in [0.15, 0.2) is 40.8 Å². The van der Waals surface area contributed by atoms with E-state index in [2.05, 4.69) is 0 Å². The highest BCUT2D eigenvalue weighted by molar-refractivity contribution is 5.58. The third kappa shape index (κ3) is 2.66. The van der Waals surface area contributed by atoms with Gasteiger partial charge in [0.1, 0.15) is 11.5 Å². The van der Waals surface area contributed by atoms with Crippen LogP contribution in [0.25, 0.3) is 11.3 Å². The average molecular weight is 270 g/mol. The molecule has 1 aliphatic carbocycles. The lowest BCUT2D eigenvalue weighted by atomic mass is 9.83. The van der Waals surface area contributed by atoms with Crippen molar-refractivity contribution in [2.24, 2.45) is 5.92 Å². The minimum Gasteiger partial charge on any atom is -0.461 e. The van der Waals surface area contributed by atoms with Gasteiger partial charge in [0, 0.05) is 11.1 Å². The molecule has 1 aromatic carbocycles. The van der Waals surface area contributed by atoms with Crippen LogP contribution in [-0.4, -0.2) is 5.11 Å². The van der Waals surface area contributed by atoms with E-state index in [0.717, 1.165) is 35.5 Å². The van der Waals surface area contributed by atoms with Crippen LogP contribution in [0, 0.1) is 12.8 Å². The van der Waals surface area contributed by atoms with Crippen LogP contribution < -0.4 is 0 Å². The zero-order valence-corrected chi connectivity index (χ0v) is 12.0. The van der Waals surface area contributed by atoms with Crippen LogP contribution in [0.3, 0.4) is 0 Å². The Labute approximate surface area is 120 Å². The van der Waals surface area contributed by atoms with Crippen molar-refractivity contribution < 1.29 is 9.52 Å². The third-order valence-corrected chi connectivity index (χ3v) is 4.43. The molecule has 0 aliphatic heterocycles. The second-order valence-electron chi connectivity index (χ2n) is 5.83. The van der Waals surface area contributed by atoms with E-state index < -0.39 is 0 Å². The van der Waals surface area contributed by atoms with Gasteiger partial charge in [-0.15, -0.1) is 0 Å². The molecule has 1 heterocycles. The van der Waals surface area contributed by atoms with Gasteiger partial charge < -0.3 is 9.52 Å². The molecule has 1 N–H and O–H groups in total. The molecule has 20 heavy (non-hydrogen) atoms. The maximum absolute atomic E-state index is 10.6. The summed E-state index contributed by atoms with van der Waals surface area (Å²) in [5.74, 6) is 2.10. The minimum atomic E-state index is -0.378. The van der Waals surface area contributed by atoms with Crippen molar-refractivity contribution in [3.05, 3.63) is 47.7 Å². The molecule has 3 rings (SSSR count). The highest BCUT2D eigenvalue weighted by Crippen LogP contribution is 2.38. The number of furan rings is 1. The number of aliphatic hydroxyl groups excluding tert-OH is 1. The fourth-order valence-corrected chi connectivity index (χ4v) is 3.24. The van der Waals surface area contributed by atoms with Crippen molar-refractivity contribution in [1.29, 1.82) is 0 Å². The van der Waals surface area contributed by atoms with Gasteiger partial charge in [0.25, 0.3) is 0 Å². The second-order valence-corrected chi connectivity index (χ2v) is 5.83. The Morgan fingerprint density at radius 3 is 2.50 bits per heavy atom. The van der Waals surface area contributed by atoms with E-state index in [0.29, 0.717) is 5.92 Å². The molecule has 1 saturated carbocycles. The van der Waals surface area contributed by atoms with Gasteiger partial charge in [-0.2, -0.15) is 0 Å². The molecule has 106 valence electrons. The van der Waals surface area contributed by atoms with E-state index >= 15 is 0 Å². The summed E-state index contributed by atoms with van der Waals surface area (Å²) in [6.45, 7) is 1.95. The molecular weight excluding hydrogens is 248 g/mol. The average Bonchev–Trinajstić information content (AvgIpc) is 2.90. The first-order valence-corrected chi connectivity index (χ1v) is 7.59. The Bertz CT molecular complexity index is 550. The standard InChI is InChI=1S/C18H22O2/c1-13-16(18(19)15-10-6-3-7-11-15)12-17(20-13)14-8-4-2-5-9-14/h2,4-5,8-9,12,15,18-19H,3,6-7,10-11H2,1H3. The minimum absolute atomic E-state index is 0.378. The molecule has 2 heteroatoms. The van der Waals surface area contributed by atoms with Gasteiger partial charge in [0.15, 0.2) is 0 Å². The normalized spacial score (nSPS) is 18.1. The number of rotatable bonds is 3. The van der Waals surface area contributed by atoms with Gasteiger partial charge in [-0.05, 0) is 31.7 Å². The molecule has 1 atom stereocenters. The quantitative estimate of drug-likeness (QED) is 0.863. The Balaban J connectivity index is 1.85. The van der Waals surface area contributed by atoms with Crippen molar-refractivity contribution in [2.45, 2.75) is 45.1 Å². The number of hydrogen-bond donors (Lipinski definition) is 1. The van der Waals surface area contributed by atoms with Crippen LogP contribution in [0.2, 0.25) is 0 Å². The largest absolute Gasteiger partial charge is 0.461 e. The van der Waals surface area contributed by atoms with Crippen molar-refractivity contribution in [3.63, 3.8) is 0 Å². The van der Waals surface area contributed by atoms with Gasteiger partial charge >= 0.3 is 0 Å². The van der Waals surface area contributed by atoms with Gasteiger partial charge in [0.05, 0.1) is 6.10 Å². The second kappa shape index (κ2) is 5.84. The highest BCUT2D eigenvalue weighted by atomic mass is 16.3. The molecule has 0 bridgehead atoms. The lowest BCUT2D eigenvalue weighted by molar-refractivity contribution is 0.0835. The van der Waals surface area contributed by atoms with Crippen LogP contribution in [0.4, 0.5) is 0 Å². The lowest BCUT2D eigenvalue weighted by Crippen LogP contribution is -2.16. The van der Waals surface area contributed by atoms with Crippen molar-refractivity contribution in [3.8, 4) is 11.3 Å². The number of aryl methyl sites for hydroxylation is 1. The van der Waals surface area contributed by atoms with E-state index in [-0.39, 0.29) is 6.10 Å². The Hall–Kier alpha value is -1.54. The van der Waals surface area contributed by atoms with Gasteiger partial charge in [0.2, 0.25) is 0 Å². The van der Waals surface area contributed by atoms with E-state index in [1.807, 2.05) is 43.3 Å². The lowest BCUT2D eigenvalue weighted by Gasteiger charge is -2.26.